The fourth-order valence-electron chi connectivity index (χ4n) is 1.75. The van der Waals surface area contributed by atoms with Gasteiger partial charge in [0.2, 0.25) is 0 Å². The molecular weight excluding hydrogens is 228 g/mol. The summed E-state index contributed by atoms with van der Waals surface area (Å²) in [6, 6.07) is 3.87. The lowest BCUT2D eigenvalue weighted by atomic mass is 10.1. The molecule has 1 rings (SSSR count). The van der Waals surface area contributed by atoms with E-state index < -0.39 is 0 Å². The monoisotopic (exact) mass is 251 g/mol. The summed E-state index contributed by atoms with van der Waals surface area (Å²) in [4.78, 5) is 12.5. The van der Waals surface area contributed by atoms with Gasteiger partial charge in [-0.05, 0) is 12.1 Å². The highest BCUT2D eigenvalue weighted by Gasteiger charge is 2.28. The number of anilines is 3. The lowest BCUT2D eigenvalue weighted by Gasteiger charge is -2.24. The summed E-state index contributed by atoms with van der Waals surface area (Å²) in [6.45, 7) is 0. The second-order valence-corrected chi connectivity index (χ2v) is 5.01. The predicted molar refractivity (Wildman–Crippen MR) is 77.4 cm³/mol. The molecular formula is C13H23N4O+. The van der Waals surface area contributed by atoms with Gasteiger partial charge in [0, 0.05) is 26.8 Å². The Morgan fingerprint density at radius 3 is 1.67 bits per heavy atom. The maximum atomic E-state index is 12.5. The van der Waals surface area contributed by atoms with Crippen molar-refractivity contribution < 1.29 is 9.28 Å². The lowest BCUT2D eigenvalue weighted by molar-refractivity contribution is -0.785. The molecule has 0 saturated carbocycles. The van der Waals surface area contributed by atoms with Crippen LogP contribution in [0.1, 0.15) is 10.4 Å². The van der Waals surface area contributed by atoms with Gasteiger partial charge in [0.15, 0.2) is 0 Å². The summed E-state index contributed by atoms with van der Waals surface area (Å²) in [6.07, 6.45) is 0. The van der Waals surface area contributed by atoms with Gasteiger partial charge in [0.1, 0.15) is 5.56 Å². The topological polar surface area (TPSA) is 53.2 Å². The van der Waals surface area contributed by atoms with E-state index in [0.29, 0.717) is 5.56 Å². The Hall–Kier alpha value is -1.75. The van der Waals surface area contributed by atoms with Gasteiger partial charge in [-0.2, -0.15) is 0 Å². The zero-order valence-corrected chi connectivity index (χ0v) is 12.0. The normalized spacial score (nSPS) is 11.0. The number of hydrogen-bond donors (Lipinski definition) is 3. The number of nitrogens with one attached hydrogen (secondary N) is 3. The molecule has 0 aliphatic rings. The van der Waals surface area contributed by atoms with Crippen LogP contribution in [0.5, 0.6) is 0 Å². The molecule has 100 valence electrons. The predicted octanol–water partition coefficient (Wildman–Crippen LogP) is 1.66. The van der Waals surface area contributed by atoms with Crippen molar-refractivity contribution in [2.45, 2.75) is 0 Å². The smallest absolute Gasteiger partial charge is 0.349 e. The minimum absolute atomic E-state index is 0.0614. The third-order valence-electron chi connectivity index (χ3n) is 2.79. The Morgan fingerprint density at radius 1 is 0.944 bits per heavy atom. The third kappa shape index (κ3) is 2.73. The standard InChI is InChI=1S/C13H22N4O/c1-14-9-7-10(15-2)12(11(8-9)16-3)13(18)17(4,5)6/h7-8H,1-6H3,(H2-,14,15,16,18)/p+1. The average molecular weight is 251 g/mol. The molecule has 5 heteroatoms. The van der Waals surface area contributed by atoms with Gasteiger partial charge in [-0.1, -0.05) is 0 Å². The molecule has 5 nitrogen and oxygen atoms in total. The average Bonchev–Trinajstić information content (AvgIpc) is 2.34. The highest BCUT2D eigenvalue weighted by Crippen LogP contribution is 2.30. The first-order valence-electron chi connectivity index (χ1n) is 5.92. The van der Waals surface area contributed by atoms with E-state index in [1.54, 1.807) is 0 Å². The van der Waals surface area contributed by atoms with Crippen molar-refractivity contribution in [1.29, 1.82) is 0 Å². The van der Waals surface area contributed by atoms with Crippen molar-refractivity contribution in [3.05, 3.63) is 17.7 Å². The SMILES string of the molecule is CNc1cc(NC)c(C(=O)[N+](C)(C)C)c(NC)c1. The van der Waals surface area contributed by atoms with Crippen molar-refractivity contribution in [3.8, 4) is 0 Å². The van der Waals surface area contributed by atoms with Crippen LogP contribution < -0.4 is 16.0 Å². The van der Waals surface area contributed by atoms with Crippen LogP contribution in [0.4, 0.5) is 17.1 Å². The van der Waals surface area contributed by atoms with E-state index in [-0.39, 0.29) is 10.4 Å². The summed E-state index contributed by atoms with van der Waals surface area (Å²) in [7, 11) is 11.1. The summed E-state index contributed by atoms with van der Waals surface area (Å²) in [5, 5.41) is 9.26. The molecule has 0 radical (unpaired) electrons. The molecule has 0 heterocycles. The lowest BCUT2D eigenvalue weighted by Crippen LogP contribution is -2.41. The van der Waals surface area contributed by atoms with E-state index in [1.807, 2.05) is 54.4 Å². The molecule has 0 aliphatic heterocycles. The molecule has 1 aromatic rings. The Kier molecular flexibility index (Phi) is 4.19. The number of quaternary nitrogens is 1. The van der Waals surface area contributed by atoms with Gasteiger partial charge in [-0.3, -0.25) is 4.48 Å². The Bertz CT molecular complexity index is 424. The van der Waals surface area contributed by atoms with Crippen LogP contribution in [0.25, 0.3) is 0 Å². The molecule has 0 bridgehead atoms. The van der Waals surface area contributed by atoms with Crippen LogP contribution in [-0.4, -0.2) is 52.7 Å². The quantitative estimate of drug-likeness (QED) is 0.712. The summed E-state index contributed by atoms with van der Waals surface area (Å²) >= 11 is 0. The highest BCUT2D eigenvalue weighted by molar-refractivity contribution is 6.02. The van der Waals surface area contributed by atoms with Crippen LogP contribution in [0.3, 0.4) is 0 Å². The summed E-state index contributed by atoms with van der Waals surface area (Å²) in [5.41, 5.74) is 3.29. The molecule has 0 aliphatic carbocycles. The van der Waals surface area contributed by atoms with E-state index in [0.717, 1.165) is 17.1 Å². The van der Waals surface area contributed by atoms with Crippen molar-refractivity contribution in [2.24, 2.45) is 0 Å². The Balaban J connectivity index is 3.45. The number of benzene rings is 1. The zero-order valence-electron chi connectivity index (χ0n) is 12.0. The van der Waals surface area contributed by atoms with Crippen molar-refractivity contribution in [2.75, 3.05) is 58.2 Å². The van der Waals surface area contributed by atoms with Crippen molar-refractivity contribution in [1.82, 2.24) is 0 Å². The molecule has 0 unspecified atom stereocenters. The first-order chi connectivity index (χ1) is 8.35. The Labute approximate surface area is 109 Å². The number of hydrogen-bond acceptors (Lipinski definition) is 4. The van der Waals surface area contributed by atoms with Gasteiger partial charge < -0.3 is 16.0 Å². The number of amides is 1. The van der Waals surface area contributed by atoms with E-state index in [9.17, 15) is 4.79 Å². The molecule has 0 atom stereocenters. The second kappa shape index (κ2) is 5.27. The van der Waals surface area contributed by atoms with Crippen LogP contribution in [0.2, 0.25) is 0 Å². The molecule has 0 fully saturated rings. The third-order valence-corrected chi connectivity index (χ3v) is 2.79. The number of nitrogens with zero attached hydrogens (tertiary/aromatic N) is 1. The van der Waals surface area contributed by atoms with Gasteiger partial charge in [-0.25, -0.2) is 4.79 Å². The van der Waals surface area contributed by atoms with Crippen LogP contribution >= 0.6 is 0 Å². The summed E-state index contributed by atoms with van der Waals surface area (Å²) < 4.78 is 0.252. The largest absolute Gasteiger partial charge is 0.388 e. The first-order valence-corrected chi connectivity index (χ1v) is 5.92. The molecule has 0 saturated heterocycles. The van der Waals surface area contributed by atoms with E-state index in [4.69, 9.17) is 0 Å². The van der Waals surface area contributed by atoms with Crippen molar-refractivity contribution >= 4 is 23.0 Å². The molecule has 18 heavy (non-hydrogen) atoms. The van der Waals surface area contributed by atoms with Crippen LogP contribution in [0.15, 0.2) is 12.1 Å². The maximum absolute atomic E-state index is 12.5. The number of rotatable bonds is 4. The van der Waals surface area contributed by atoms with Gasteiger partial charge in [-0.15, -0.1) is 0 Å². The molecule has 1 amide bonds. The molecule has 1 aromatic carbocycles. The van der Waals surface area contributed by atoms with Crippen LogP contribution in [-0.2, 0) is 0 Å². The second-order valence-electron chi connectivity index (χ2n) is 5.01. The fraction of sp³-hybridized carbons (Fsp3) is 0.462. The maximum Gasteiger partial charge on any atom is 0.349 e. The molecule has 3 N–H and O–H groups in total. The molecule has 0 aromatic heterocycles. The van der Waals surface area contributed by atoms with Crippen molar-refractivity contribution in [3.63, 3.8) is 0 Å². The fourth-order valence-corrected chi connectivity index (χ4v) is 1.75. The zero-order chi connectivity index (χ0) is 13.9. The number of carbonyl (C=O) groups excluding carboxylic acids is 1. The minimum atomic E-state index is 0.0614. The summed E-state index contributed by atoms with van der Waals surface area (Å²) in [5.74, 6) is 0.0614. The van der Waals surface area contributed by atoms with Gasteiger partial charge in [0.05, 0.1) is 32.5 Å². The first kappa shape index (κ1) is 14.3. The van der Waals surface area contributed by atoms with Gasteiger partial charge in [0.25, 0.3) is 0 Å². The Morgan fingerprint density at radius 2 is 1.39 bits per heavy atom. The highest BCUT2D eigenvalue weighted by atomic mass is 16.2. The molecule has 0 spiro atoms. The van der Waals surface area contributed by atoms with E-state index in [1.165, 1.54) is 0 Å². The minimum Gasteiger partial charge on any atom is -0.388 e. The van der Waals surface area contributed by atoms with E-state index in [2.05, 4.69) is 16.0 Å². The van der Waals surface area contributed by atoms with Gasteiger partial charge >= 0.3 is 5.91 Å². The van der Waals surface area contributed by atoms with E-state index >= 15 is 0 Å². The van der Waals surface area contributed by atoms with Crippen LogP contribution in [0, 0.1) is 0 Å². The number of carbonyl (C=O) groups is 1.